The van der Waals surface area contributed by atoms with Gasteiger partial charge in [0.1, 0.15) is 9.84 Å². The molecule has 0 aliphatic carbocycles. The molecule has 0 amide bonds. The summed E-state index contributed by atoms with van der Waals surface area (Å²) in [5, 5.41) is 8.57. The third-order valence-electron chi connectivity index (χ3n) is 4.30. The molecule has 122 valence electrons. The highest BCUT2D eigenvalue weighted by Gasteiger charge is 2.20. The molecule has 5 nitrogen and oxygen atoms in total. The number of rotatable bonds is 2. The first-order chi connectivity index (χ1) is 9.81. The average molecular weight is 315 g/mol. The van der Waals surface area contributed by atoms with Gasteiger partial charge in [0.2, 0.25) is 0 Å². The van der Waals surface area contributed by atoms with E-state index in [1.807, 2.05) is 7.05 Å². The van der Waals surface area contributed by atoms with Gasteiger partial charge < -0.3 is 4.90 Å². The minimum Gasteiger partial charge on any atom is -0.306 e. The van der Waals surface area contributed by atoms with Gasteiger partial charge in [-0.15, -0.1) is 0 Å². The van der Waals surface area contributed by atoms with Gasteiger partial charge in [0.05, 0.1) is 17.9 Å². The summed E-state index contributed by atoms with van der Waals surface area (Å²) in [7, 11) is 1.34. The first kappa shape index (κ1) is 18.4. The van der Waals surface area contributed by atoms with E-state index >= 15 is 0 Å². The van der Waals surface area contributed by atoms with Crippen LogP contribution in [-0.2, 0) is 9.84 Å². The molecule has 0 radical (unpaired) electrons. The molecule has 0 bridgehead atoms. The minimum atomic E-state index is -2.76. The second-order valence-corrected chi connectivity index (χ2v) is 8.65. The Morgan fingerprint density at radius 1 is 1.10 bits per heavy atom. The third kappa shape index (κ3) is 7.79. The lowest BCUT2D eigenvalue weighted by molar-refractivity contribution is 0.227. The molecule has 0 aromatic rings. The van der Waals surface area contributed by atoms with Crippen molar-refractivity contribution in [2.24, 2.45) is 5.92 Å². The summed E-state index contributed by atoms with van der Waals surface area (Å²) >= 11 is 0. The van der Waals surface area contributed by atoms with E-state index < -0.39 is 9.84 Å². The fourth-order valence-corrected chi connectivity index (χ4v) is 4.08. The summed E-state index contributed by atoms with van der Waals surface area (Å²) in [6, 6.07) is 2.47. The quantitative estimate of drug-likeness (QED) is 0.770. The standard InChI is InChI=1S/C8H17NO2S.C7H12N2/c1-9-5-3-8(4-6-9)7-12(2,10)11;1-9-5-3-2-4-7(9)6-8/h8H,3-7H2,1-2H3;7H,2-5H2,1H3. The first-order valence-corrected chi connectivity index (χ1v) is 9.84. The molecule has 21 heavy (non-hydrogen) atoms. The number of likely N-dealkylation sites (tertiary alicyclic amines) is 2. The number of nitriles is 1. The number of piperidine rings is 2. The highest BCUT2D eigenvalue weighted by Crippen LogP contribution is 2.17. The van der Waals surface area contributed by atoms with Crippen LogP contribution in [0.5, 0.6) is 0 Å². The maximum atomic E-state index is 11.0. The van der Waals surface area contributed by atoms with Gasteiger partial charge in [-0.2, -0.15) is 5.26 Å². The molecule has 2 aliphatic rings. The maximum absolute atomic E-state index is 11.0. The summed E-state index contributed by atoms with van der Waals surface area (Å²) in [6.07, 6.45) is 6.93. The second-order valence-electron chi connectivity index (χ2n) is 6.46. The fraction of sp³-hybridized carbons (Fsp3) is 0.933. The fourth-order valence-electron chi connectivity index (χ4n) is 2.90. The normalized spacial score (nSPS) is 25.7. The van der Waals surface area contributed by atoms with Crippen molar-refractivity contribution in [3.8, 4) is 6.07 Å². The lowest BCUT2D eigenvalue weighted by Gasteiger charge is -2.28. The molecule has 1 atom stereocenters. The summed E-state index contributed by atoms with van der Waals surface area (Å²) in [6.45, 7) is 3.18. The molecular weight excluding hydrogens is 286 g/mol. The molecule has 2 rings (SSSR count). The Balaban J connectivity index is 0.000000219. The van der Waals surface area contributed by atoms with Crippen molar-refractivity contribution < 1.29 is 8.42 Å². The second kappa shape index (κ2) is 8.72. The van der Waals surface area contributed by atoms with Crippen molar-refractivity contribution in [2.75, 3.05) is 45.7 Å². The average Bonchev–Trinajstić information content (AvgIpc) is 2.41. The topological polar surface area (TPSA) is 64.4 Å². The van der Waals surface area contributed by atoms with Crippen LogP contribution in [0.3, 0.4) is 0 Å². The Hall–Kier alpha value is -0.640. The lowest BCUT2D eigenvalue weighted by Crippen LogP contribution is -2.34. The van der Waals surface area contributed by atoms with Gasteiger partial charge in [-0.25, -0.2) is 8.42 Å². The third-order valence-corrected chi connectivity index (χ3v) is 5.37. The summed E-state index contributed by atoms with van der Waals surface area (Å²) < 4.78 is 21.9. The lowest BCUT2D eigenvalue weighted by atomic mass is 10.00. The molecule has 0 N–H and O–H groups in total. The van der Waals surface area contributed by atoms with Crippen LogP contribution in [0.2, 0.25) is 0 Å². The van der Waals surface area contributed by atoms with Crippen molar-refractivity contribution in [3.05, 3.63) is 0 Å². The van der Waals surface area contributed by atoms with Crippen LogP contribution in [0.4, 0.5) is 0 Å². The van der Waals surface area contributed by atoms with Crippen LogP contribution in [0, 0.1) is 17.2 Å². The van der Waals surface area contributed by atoms with Crippen LogP contribution in [0.25, 0.3) is 0 Å². The van der Waals surface area contributed by atoms with E-state index in [2.05, 4.69) is 22.9 Å². The molecule has 2 fully saturated rings. The minimum absolute atomic E-state index is 0.193. The Morgan fingerprint density at radius 3 is 2.14 bits per heavy atom. The van der Waals surface area contributed by atoms with Crippen LogP contribution in [-0.4, -0.2) is 70.0 Å². The van der Waals surface area contributed by atoms with Gasteiger partial charge in [0.15, 0.2) is 0 Å². The molecule has 0 saturated carbocycles. The Kier molecular flexibility index (Phi) is 7.64. The maximum Gasteiger partial charge on any atom is 0.147 e. The molecule has 2 aliphatic heterocycles. The molecule has 2 heterocycles. The molecule has 2 saturated heterocycles. The van der Waals surface area contributed by atoms with E-state index in [4.69, 9.17) is 5.26 Å². The number of nitrogens with zero attached hydrogens (tertiary/aromatic N) is 3. The van der Waals surface area contributed by atoms with E-state index in [1.54, 1.807) is 0 Å². The Morgan fingerprint density at radius 2 is 1.71 bits per heavy atom. The predicted octanol–water partition coefficient (Wildman–Crippen LogP) is 1.37. The molecular formula is C15H29N3O2S. The van der Waals surface area contributed by atoms with E-state index in [-0.39, 0.29) is 6.04 Å². The van der Waals surface area contributed by atoms with Crippen LogP contribution in [0.1, 0.15) is 32.1 Å². The van der Waals surface area contributed by atoms with Gasteiger partial charge in [-0.05, 0) is 71.8 Å². The number of hydrogen-bond donors (Lipinski definition) is 0. The van der Waals surface area contributed by atoms with Crippen molar-refractivity contribution in [2.45, 2.75) is 38.1 Å². The number of hydrogen-bond acceptors (Lipinski definition) is 5. The van der Waals surface area contributed by atoms with Gasteiger partial charge in [0.25, 0.3) is 0 Å². The molecule has 6 heteroatoms. The smallest absolute Gasteiger partial charge is 0.147 e. The largest absolute Gasteiger partial charge is 0.306 e. The van der Waals surface area contributed by atoms with E-state index in [0.717, 1.165) is 38.9 Å². The summed E-state index contributed by atoms with van der Waals surface area (Å²) in [5.41, 5.74) is 0. The van der Waals surface area contributed by atoms with Gasteiger partial charge in [0, 0.05) is 6.26 Å². The van der Waals surface area contributed by atoms with Crippen molar-refractivity contribution in [1.29, 1.82) is 5.26 Å². The zero-order valence-electron chi connectivity index (χ0n) is 13.6. The highest BCUT2D eigenvalue weighted by molar-refractivity contribution is 7.90. The SMILES string of the molecule is CN1CCC(CS(C)(=O)=O)CC1.CN1CCCCC1C#N. The van der Waals surface area contributed by atoms with Gasteiger partial charge in [-0.3, -0.25) is 4.90 Å². The van der Waals surface area contributed by atoms with E-state index in [9.17, 15) is 8.42 Å². The van der Waals surface area contributed by atoms with Crippen LogP contribution < -0.4 is 0 Å². The Labute approximate surface area is 129 Å². The van der Waals surface area contributed by atoms with Crippen molar-refractivity contribution in [1.82, 2.24) is 9.80 Å². The summed E-state index contributed by atoms with van der Waals surface area (Å²) in [5.74, 6) is 0.775. The predicted molar refractivity (Wildman–Crippen MR) is 85.8 cm³/mol. The van der Waals surface area contributed by atoms with Gasteiger partial charge >= 0.3 is 0 Å². The highest BCUT2D eigenvalue weighted by atomic mass is 32.2. The molecule has 1 unspecified atom stereocenters. The van der Waals surface area contributed by atoms with Crippen LogP contribution in [0.15, 0.2) is 0 Å². The van der Waals surface area contributed by atoms with Gasteiger partial charge in [-0.1, -0.05) is 0 Å². The first-order valence-electron chi connectivity index (χ1n) is 7.78. The number of sulfone groups is 1. The zero-order chi connectivity index (χ0) is 15.9. The van der Waals surface area contributed by atoms with E-state index in [1.165, 1.54) is 19.1 Å². The monoisotopic (exact) mass is 315 g/mol. The molecule has 0 aromatic carbocycles. The summed E-state index contributed by atoms with van der Waals surface area (Å²) in [4.78, 5) is 4.38. The van der Waals surface area contributed by atoms with Crippen molar-refractivity contribution in [3.63, 3.8) is 0 Å². The molecule has 0 aromatic heterocycles. The zero-order valence-corrected chi connectivity index (χ0v) is 14.4. The van der Waals surface area contributed by atoms with Crippen molar-refractivity contribution >= 4 is 9.84 Å². The molecule has 0 spiro atoms. The van der Waals surface area contributed by atoms with E-state index in [0.29, 0.717) is 11.7 Å². The van der Waals surface area contributed by atoms with Crippen LogP contribution >= 0.6 is 0 Å². The Bertz CT molecular complexity index is 436.